The van der Waals surface area contributed by atoms with Crippen LogP contribution in [-0.4, -0.2) is 208 Å². The van der Waals surface area contributed by atoms with Gasteiger partial charge in [-0.15, -0.1) is 0 Å². The minimum absolute atomic E-state index is 0.00545. The summed E-state index contributed by atoms with van der Waals surface area (Å²) in [7, 11) is 4.41. The summed E-state index contributed by atoms with van der Waals surface area (Å²) < 4.78 is 3.33. The predicted octanol–water partition coefficient (Wildman–Crippen LogP) is 4.25. The van der Waals surface area contributed by atoms with E-state index in [0.29, 0.717) is 22.1 Å². The van der Waals surface area contributed by atoms with Crippen LogP contribution in [0.25, 0.3) is 0 Å². The maximum atomic E-state index is 15.0. The van der Waals surface area contributed by atoms with Crippen LogP contribution in [0, 0.1) is 33.3 Å². The standard InChI is InChI=1S/C53H66I9N9O15/c1-23(36(55)45(68-31(79)19-76)37(56)29(11-54)50(83)70(3)13-27(77)16-73)47(80)64-20-53(86,21-65-48(81)32-38(57)34(41(60)44(63)40(32)59)51(84)71(4)14-28(78)17-74)22-66-49(82)33-39(58)35(52(85)69(2)12-26(15-72)24-7-5-8-24)43(62)46(42(33)61)67-30(18-75)25-9-6-10-25/h11,24,26-28,67,72-78,86H,5-10,12-22,63H2,1-4H3,(H,64,80)(H,65,81)(H,66,82)(H,68,79)/b29-11-,36-23-,45-37-. The number of carbonyl (C=O) groups is 7. The minimum Gasteiger partial charge on any atom is -0.397 e. The molecule has 4 rings (SSSR count). The van der Waals surface area contributed by atoms with E-state index in [9.17, 15) is 74.4 Å². The Balaban J connectivity index is 1.86. The Kier molecular flexibility index (Phi) is 32.9. The van der Waals surface area contributed by atoms with Gasteiger partial charge in [-0.2, -0.15) is 0 Å². The number of carbonyl (C=O) groups excluding carboxylic acids is 7. The molecule has 0 aromatic heterocycles. The summed E-state index contributed by atoms with van der Waals surface area (Å²) in [5.74, 6) is -5.01. The first kappa shape index (κ1) is 78.0. The fraction of sp³-hybridized carbons (Fsp3) is 0.491. The van der Waals surface area contributed by atoms with E-state index in [1.165, 1.54) is 30.0 Å². The van der Waals surface area contributed by atoms with E-state index in [4.69, 9.17) is 5.73 Å². The number of aliphatic hydroxyl groups excluding tert-OH is 7. The summed E-state index contributed by atoms with van der Waals surface area (Å²) >= 11 is 16.9. The van der Waals surface area contributed by atoms with Crippen LogP contribution in [0.4, 0.5) is 11.4 Å². The first-order chi connectivity index (χ1) is 40.4. The van der Waals surface area contributed by atoms with Gasteiger partial charge in [0.2, 0.25) is 11.8 Å². The molecule has 2 saturated carbocycles. The lowest BCUT2D eigenvalue weighted by molar-refractivity contribution is -0.127. The summed E-state index contributed by atoms with van der Waals surface area (Å²) in [6.07, 6.45) is 2.75. The second-order valence-electron chi connectivity index (χ2n) is 20.4. The zero-order valence-electron chi connectivity index (χ0n) is 46.7. The van der Waals surface area contributed by atoms with E-state index in [1.54, 1.807) is 74.8 Å². The minimum atomic E-state index is -2.29. The number of hydrogen-bond acceptors (Lipinski definition) is 17. The second-order valence-corrected chi connectivity index (χ2v) is 29.6. The number of benzene rings is 2. The van der Waals surface area contributed by atoms with Crippen LogP contribution in [0.3, 0.4) is 0 Å². The van der Waals surface area contributed by atoms with Crippen molar-refractivity contribution in [3.8, 4) is 0 Å². The molecule has 0 bridgehead atoms. The molecular formula is C53H66I9N9O15. The lowest BCUT2D eigenvalue weighted by Crippen LogP contribution is -2.57. The average Bonchev–Trinajstić information content (AvgIpc) is 1.16. The number of likely N-dealkylation sites (N-methyl/N-ethyl adjacent to an activating group) is 2. The zero-order chi connectivity index (χ0) is 64.8. The van der Waals surface area contributed by atoms with Gasteiger partial charge in [0.25, 0.3) is 29.5 Å². The monoisotopic (exact) mass is 2210 g/mol. The summed E-state index contributed by atoms with van der Waals surface area (Å²) in [6.45, 7) is -3.69. The van der Waals surface area contributed by atoms with Crippen molar-refractivity contribution in [2.24, 2.45) is 11.8 Å². The molecule has 2 fully saturated rings. The van der Waals surface area contributed by atoms with Gasteiger partial charge in [-0.1, -0.05) is 41.9 Å². The second kappa shape index (κ2) is 36.3. The Bertz CT molecular complexity index is 3070. The molecule has 0 radical (unpaired) electrons. The molecule has 0 spiro atoms. The highest BCUT2D eigenvalue weighted by Gasteiger charge is 2.37. The number of nitrogen functional groups attached to an aromatic ring is 1. The van der Waals surface area contributed by atoms with Crippen LogP contribution < -0.4 is 32.3 Å². The molecule has 33 heteroatoms. The Labute approximate surface area is 620 Å². The maximum Gasteiger partial charge on any atom is 0.255 e. The largest absolute Gasteiger partial charge is 0.397 e. The molecule has 7 amide bonds. The van der Waals surface area contributed by atoms with Crippen LogP contribution in [0.5, 0.6) is 0 Å². The van der Waals surface area contributed by atoms with Crippen molar-refractivity contribution in [1.82, 2.24) is 36.0 Å². The van der Waals surface area contributed by atoms with Gasteiger partial charge in [0.15, 0.2) is 0 Å². The molecule has 4 unspecified atom stereocenters. The van der Waals surface area contributed by atoms with Crippen LogP contribution in [0.1, 0.15) is 86.9 Å². The molecule has 0 aliphatic heterocycles. The van der Waals surface area contributed by atoms with Crippen LogP contribution in [0.15, 0.2) is 39.4 Å². The van der Waals surface area contributed by atoms with Gasteiger partial charge in [-0.25, -0.2) is 0 Å². The average molecular weight is 2210 g/mol. The van der Waals surface area contributed by atoms with Crippen molar-refractivity contribution in [1.29, 1.82) is 0 Å². The Morgan fingerprint density at radius 3 is 1.58 bits per heavy atom. The number of amides is 7. The van der Waals surface area contributed by atoms with Gasteiger partial charge in [0, 0.05) is 75.3 Å². The number of anilines is 2. The number of nitrogens with one attached hydrogen (secondary N) is 5. The number of nitrogens with two attached hydrogens (primary N) is 1. The van der Waals surface area contributed by atoms with E-state index >= 15 is 0 Å². The number of aliphatic hydroxyl groups is 8. The van der Waals surface area contributed by atoms with E-state index < -0.39 is 98.6 Å². The molecule has 2 aromatic carbocycles. The first-order valence-corrected chi connectivity index (χ1v) is 36.0. The number of halogens is 9. The smallest absolute Gasteiger partial charge is 0.255 e. The third-order valence-corrected chi connectivity index (χ3v) is 23.8. The van der Waals surface area contributed by atoms with Crippen molar-refractivity contribution in [3.63, 3.8) is 0 Å². The first-order valence-electron chi connectivity index (χ1n) is 26.2. The molecule has 15 N–H and O–H groups in total. The van der Waals surface area contributed by atoms with Gasteiger partial charge in [0.1, 0.15) is 12.2 Å². The molecular weight excluding hydrogens is 2140 g/mol. The van der Waals surface area contributed by atoms with E-state index in [0.717, 1.165) is 53.9 Å². The SMILES string of the molecule is C\C(C(=O)NCC(O)(CNC(=O)c1c(I)c(N)c(I)c(C(=O)N(C)CC(O)CO)c1I)CNC(=O)c1c(I)c(NC(CO)=C2CCC2)c(I)c(C(=O)N(C)CC(CO)C2CCC2)c1I)=C(I)/C(NC(=O)CO)=C(I)\C(=C\I)C(=O)N(C)CC(O)CO. The van der Waals surface area contributed by atoms with E-state index in [-0.39, 0.29) is 107 Å². The molecule has 0 heterocycles. The van der Waals surface area contributed by atoms with Crippen molar-refractivity contribution in [2.45, 2.75) is 63.3 Å². The van der Waals surface area contributed by atoms with Crippen LogP contribution >= 0.6 is 203 Å². The lowest BCUT2D eigenvalue weighted by atomic mass is 9.76. The number of allylic oxidation sites excluding steroid dienone is 2. The third-order valence-electron chi connectivity index (χ3n) is 14.2. The molecule has 2 aromatic rings. The maximum absolute atomic E-state index is 15.0. The summed E-state index contributed by atoms with van der Waals surface area (Å²) in [6, 6.07) is 0. The van der Waals surface area contributed by atoms with Crippen molar-refractivity contribution >= 4 is 256 Å². The van der Waals surface area contributed by atoms with Gasteiger partial charge in [-0.3, -0.25) is 33.6 Å². The van der Waals surface area contributed by atoms with Crippen molar-refractivity contribution in [2.75, 3.05) is 104 Å². The topological polar surface area (TPSA) is 377 Å². The highest BCUT2D eigenvalue weighted by atomic mass is 127. The Morgan fingerprint density at radius 2 is 1.13 bits per heavy atom. The molecule has 2 aliphatic carbocycles. The van der Waals surface area contributed by atoms with Crippen molar-refractivity contribution < 1.29 is 74.4 Å². The molecule has 4 atom stereocenters. The molecule has 0 saturated heterocycles. The highest BCUT2D eigenvalue weighted by molar-refractivity contribution is 14.1. The quantitative estimate of drug-likeness (QED) is 0.0234. The van der Waals surface area contributed by atoms with Gasteiger partial charge in [-0.05, 0) is 222 Å². The van der Waals surface area contributed by atoms with E-state index in [1.807, 2.05) is 136 Å². The molecule has 2 aliphatic rings. The number of nitrogens with zero attached hydrogens (tertiary/aromatic N) is 3. The van der Waals surface area contributed by atoms with E-state index in [2.05, 4.69) is 26.6 Å². The zero-order valence-corrected chi connectivity index (χ0v) is 66.1. The normalized spacial score (nSPS) is 15.7. The summed E-state index contributed by atoms with van der Waals surface area (Å²) in [5, 5.41) is 96.5. The fourth-order valence-electron chi connectivity index (χ4n) is 8.71. The summed E-state index contributed by atoms with van der Waals surface area (Å²) in [4.78, 5) is 103. The van der Waals surface area contributed by atoms with Crippen LogP contribution in [-0.2, 0) is 14.4 Å². The van der Waals surface area contributed by atoms with Gasteiger partial charge < -0.3 is 87.9 Å². The molecule has 476 valence electrons. The Morgan fingerprint density at radius 1 is 0.651 bits per heavy atom. The van der Waals surface area contributed by atoms with Gasteiger partial charge in [0.05, 0.1) is 114 Å². The molecule has 86 heavy (non-hydrogen) atoms. The summed E-state index contributed by atoms with van der Waals surface area (Å²) in [5.41, 5.74) is 6.15. The third kappa shape index (κ3) is 19.8. The fourth-order valence-corrected chi connectivity index (χ4v) is 20.3. The molecule has 24 nitrogen and oxygen atoms in total. The highest BCUT2D eigenvalue weighted by Crippen LogP contribution is 2.41. The number of rotatable bonds is 29. The number of hydrogen-bond donors (Lipinski definition) is 14. The van der Waals surface area contributed by atoms with Crippen molar-refractivity contribution in [3.05, 3.63) is 83.0 Å². The lowest BCUT2D eigenvalue weighted by Gasteiger charge is -2.35. The van der Waals surface area contributed by atoms with Gasteiger partial charge >= 0.3 is 0 Å². The predicted molar refractivity (Wildman–Crippen MR) is 399 cm³/mol. The Hall–Kier alpha value is -0.460. The van der Waals surface area contributed by atoms with Crippen LogP contribution in [0.2, 0.25) is 0 Å².